The van der Waals surface area contributed by atoms with Gasteiger partial charge in [-0.2, -0.15) is 0 Å². The number of rotatable bonds is 6. The zero-order valence-corrected chi connectivity index (χ0v) is 17.2. The fourth-order valence-electron chi connectivity index (χ4n) is 2.18. The highest BCUT2D eigenvalue weighted by molar-refractivity contribution is 7.93. The summed E-state index contributed by atoms with van der Waals surface area (Å²) in [5.41, 5.74) is 0.976. The monoisotopic (exact) mass is 453 g/mol. The summed E-state index contributed by atoms with van der Waals surface area (Å²) in [5.74, 6) is -0.410. The van der Waals surface area contributed by atoms with E-state index in [-0.39, 0.29) is 10.0 Å². The van der Waals surface area contributed by atoms with Crippen LogP contribution in [-0.2, 0) is 14.8 Å². The molecule has 0 saturated heterocycles. The van der Waals surface area contributed by atoms with Crippen LogP contribution in [0.15, 0.2) is 65.0 Å². The van der Waals surface area contributed by atoms with Gasteiger partial charge in [0.15, 0.2) is 5.13 Å². The van der Waals surface area contributed by atoms with Gasteiger partial charge in [0.25, 0.3) is 10.0 Å². The molecule has 0 aliphatic rings. The Morgan fingerprint density at radius 2 is 1.75 bits per heavy atom. The first kappa shape index (κ1) is 20.3. The van der Waals surface area contributed by atoms with Crippen LogP contribution in [-0.4, -0.2) is 19.3 Å². The van der Waals surface area contributed by atoms with Gasteiger partial charge in [0.1, 0.15) is 0 Å². The lowest BCUT2D eigenvalue weighted by molar-refractivity contribution is -0.111. The maximum atomic E-state index is 12.3. The summed E-state index contributed by atoms with van der Waals surface area (Å²) in [4.78, 5) is 16.0. The van der Waals surface area contributed by atoms with Crippen molar-refractivity contribution in [1.82, 2.24) is 4.98 Å². The van der Waals surface area contributed by atoms with Crippen molar-refractivity contribution in [1.29, 1.82) is 0 Å². The predicted octanol–water partition coefficient (Wildman–Crippen LogP) is 4.90. The van der Waals surface area contributed by atoms with E-state index in [1.807, 2.05) is 0 Å². The van der Waals surface area contributed by atoms with Gasteiger partial charge in [0.2, 0.25) is 5.91 Å². The summed E-state index contributed by atoms with van der Waals surface area (Å²) < 4.78 is 27.0. The number of benzene rings is 2. The molecule has 0 unspecified atom stereocenters. The van der Waals surface area contributed by atoms with E-state index < -0.39 is 15.9 Å². The molecule has 6 nitrogen and oxygen atoms in total. The molecule has 1 aromatic heterocycles. The number of nitrogens with zero attached hydrogens (tertiary/aromatic N) is 1. The third-order valence-electron chi connectivity index (χ3n) is 3.49. The maximum absolute atomic E-state index is 12.3. The van der Waals surface area contributed by atoms with Crippen molar-refractivity contribution in [3.63, 3.8) is 0 Å². The van der Waals surface area contributed by atoms with Crippen molar-refractivity contribution >= 4 is 67.4 Å². The van der Waals surface area contributed by atoms with Gasteiger partial charge in [-0.25, -0.2) is 13.4 Å². The molecule has 0 aliphatic carbocycles. The molecule has 1 heterocycles. The van der Waals surface area contributed by atoms with Crippen molar-refractivity contribution in [3.8, 4) is 0 Å². The Morgan fingerprint density at radius 3 is 2.36 bits per heavy atom. The largest absolute Gasteiger partial charge is 0.323 e. The van der Waals surface area contributed by atoms with E-state index >= 15 is 0 Å². The van der Waals surface area contributed by atoms with Crippen LogP contribution in [0.25, 0.3) is 6.08 Å². The van der Waals surface area contributed by atoms with Crippen molar-refractivity contribution < 1.29 is 13.2 Å². The fraction of sp³-hybridized carbons (Fsp3) is 0. The average Bonchev–Trinajstić information content (AvgIpc) is 3.14. The predicted molar refractivity (Wildman–Crippen MR) is 113 cm³/mol. The Balaban J connectivity index is 1.67. The fourth-order valence-corrected chi connectivity index (χ4v) is 4.49. The van der Waals surface area contributed by atoms with Crippen LogP contribution in [0.1, 0.15) is 5.56 Å². The Kier molecular flexibility index (Phi) is 6.35. The molecule has 0 spiro atoms. The quantitative estimate of drug-likeness (QED) is 0.519. The maximum Gasteiger partial charge on any atom is 0.263 e. The molecule has 0 aliphatic heterocycles. The molecular formula is C18H13Cl2N3O3S2. The van der Waals surface area contributed by atoms with Crippen LogP contribution < -0.4 is 10.0 Å². The molecule has 0 atom stereocenters. The van der Waals surface area contributed by atoms with Gasteiger partial charge in [-0.15, -0.1) is 11.3 Å². The number of sulfonamides is 1. The van der Waals surface area contributed by atoms with E-state index in [1.165, 1.54) is 54.0 Å². The van der Waals surface area contributed by atoms with Gasteiger partial charge in [0.05, 0.1) is 4.90 Å². The molecule has 2 aromatic carbocycles. The van der Waals surface area contributed by atoms with E-state index in [9.17, 15) is 13.2 Å². The zero-order chi connectivity index (χ0) is 20.1. The molecule has 3 rings (SSSR count). The average molecular weight is 454 g/mol. The number of aromatic nitrogens is 1. The number of anilines is 2. The van der Waals surface area contributed by atoms with E-state index in [0.29, 0.717) is 21.3 Å². The first-order valence-corrected chi connectivity index (χ1v) is 10.9. The number of halogens is 2. The van der Waals surface area contributed by atoms with Crippen molar-refractivity contribution in [2.24, 2.45) is 0 Å². The first-order valence-electron chi connectivity index (χ1n) is 7.80. The van der Waals surface area contributed by atoms with E-state index in [0.717, 1.165) is 0 Å². The standard InChI is InChI=1S/C18H13Cl2N3O3S2/c19-15-2-1-3-16(20)14(15)8-9-17(24)22-12-4-6-13(7-5-12)28(25,26)23-18-21-10-11-27-18/h1-11H,(H,21,23)(H,22,24)/b9-8+. The summed E-state index contributed by atoms with van der Waals surface area (Å²) >= 11 is 13.3. The number of amides is 1. The molecule has 3 aromatic rings. The highest BCUT2D eigenvalue weighted by Gasteiger charge is 2.15. The Hall–Kier alpha value is -2.39. The summed E-state index contributed by atoms with van der Waals surface area (Å²) in [5, 5.41) is 5.44. The normalized spacial score (nSPS) is 11.5. The second kappa shape index (κ2) is 8.74. The number of carbonyl (C=O) groups excluding carboxylic acids is 1. The van der Waals surface area contributed by atoms with Gasteiger partial charge in [-0.1, -0.05) is 29.3 Å². The summed E-state index contributed by atoms with van der Waals surface area (Å²) in [7, 11) is -3.74. The number of hydrogen-bond donors (Lipinski definition) is 2. The van der Waals surface area contributed by atoms with Crippen LogP contribution >= 0.6 is 34.5 Å². The van der Waals surface area contributed by atoms with E-state index in [1.54, 1.807) is 23.6 Å². The number of carbonyl (C=O) groups is 1. The molecule has 0 bridgehead atoms. The van der Waals surface area contributed by atoms with Crippen molar-refractivity contribution in [2.75, 3.05) is 10.0 Å². The molecule has 2 N–H and O–H groups in total. The van der Waals surface area contributed by atoms with Crippen LogP contribution in [0, 0.1) is 0 Å². The minimum absolute atomic E-state index is 0.0547. The van der Waals surface area contributed by atoms with Crippen LogP contribution in [0.3, 0.4) is 0 Å². The lowest BCUT2D eigenvalue weighted by Gasteiger charge is -2.07. The molecule has 1 amide bonds. The molecule has 0 radical (unpaired) electrons. The minimum Gasteiger partial charge on any atom is -0.323 e. The lowest BCUT2D eigenvalue weighted by Crippen LogP contribution is -2.13. The van der Waals surface area contributed by atoms with Crippen LogP contribution in [0.5, 0.6) is 0 Å². The summed E-state index contributed by atoms with van der Waals surface area (Å²) in [6, 6.07) is 10.8. The van der Waals surface area contributed by atoms with Gasteiger partial charge in [-0.3, -0.25) is 9.52 Å². The van der Waals surface area contributed by atoms with Crippen molar-refractivity contribution in [3.05, 3.63) is 75.7 Å². The van der Waals surface area contributed by atoms with Crippen molar-refractivity contribution in [2.45, 2.75) is 4.90 Å². The minimum atomic E-state index is -3.74. The second-order valence-corrected chi connectivity index (χ2v) is 8.82. The topological polar surface area (TPSA) is 88.2 Å². The smallest absolute Gasteiger partial charge is 0.263 e. The van der Waals surface area contributed by atoms with Crippen LogP contribution in [0.2, 0.25) is 10.0 Å². The molecule has 0 fully saturated rings. The van der Waals surface area contributed by atoms with Gasteiger partial charge in [0, 0.05) is 38.9 Å². The first-order chi connectivity index (χ1) is 13.3. The lowest BCUT2D eigenvalue weighted by atomic mass is 10.2. The second-order valence-electron chi connectivity index (χ2n) is 5.43. The molecule has 10 heteroatoms. The number of hydrogen-bond acceptors (Lipinski definition) is 5. The molecule has 0 saturated carbocycles. The van der Waals surface area contributed by atoms with Gasteiger partial charge in [-0.05, 0) is 42.5 Å². The Morgan fingerprint density at radius 1 is 1.07 bits per heavy atom. The van der Waals surface area contributed by atoms with Gasteiger partial charge >= 0.3 is 0 Å². The van der Waals surface area contributed by atoms with E-state index in [4.69, 9.17) is 23.2 Å². The number of thiazole rings is 1. The summed E-state index contributed by atoms with van der Waals surface area (Å²) in [6.45, 7) is 0. The summed E-state index contributed by atoms with van der Waals surface area (Å²) in [6.07, 6.45) is 4.31. The van der Waals surface area contributed by atoms with Gasteiger partial charge < -0.3 is 5.32 Å². The number of nitrogens with one attached hydrogen (secondary N) is 2. The molecular weight excluding hydrogens is 441 g/mol. The molecule has 28 heavy (non-hydrogen) atoms. The SMILES string of the molecule is O=C(/C=C/c1c(Cl)cccc1Cl)Nc1ccc(S(=O)(=O)Nc2nccs2)cc1. The third kappa shape index (κ3) is 5.11. The molecule has 144 valence electrons. The van der Waals surface area contributed by atoms with E-state index in [2.05, 4.69) is 15.0 Å². The Bertz CT molecular complexity index is 1090. The zero-order valence-electron chi connectivity index (χ0n) is 14.1. The third-order valence-corrected chi connectivity index (χ3v) is 6.32. The highest BCUT2D eigenvalue weighted by atomic mass is 35.5. The van der Waals surface area contributed by atoms with Crippen LogP contribution in [0.4, 0.5) is 10.8 Å². The Labute approximate surface area is 175 Å². The highest BCUT2D eigenvalue weighted by Crippen LogP contribution is 2.25.